The summed E-state index contributed by atoms with van der Waals surface area (Å²) in [6.45, 7) is 7.34. The van der Waals surface area contributed by atoms with Crippen molar-refractivity contribution < 1.29 is 4.79 Å². The fourth-order valence-electron chi connectivity index (χ4n) is 3.91. The number of benzene rings is 1. The van der Waals surface area contributed by atoms with Crippen LogP contribution >= 0.6 is 11.3 Å². The minimum absolute atomic E-state index is 0.0232. The highest BCUT2D eigenvalue weighted by atomic mass is 32.1. The Hall–Kier alpha value is -2.55. The second-order valence-electron chi connectivity index (χ2n) is 7.94. The van der Waals surface area contributed by atoms with Crippen molar-refractivity contribution in [1.29, 1.82) is 0 Å². The van der Waals surface area contributed by atoms with Gasteiger partial charge in [0.05, 0.1) is 11.7 Å². The van der Waals surface area contributed by atoms with E-state index >= 15 is 0 Å². The van der Waals surface area contributed by atoms with Gasteiger partial charge in [0, 0.05) is 52.2 Å². The van der Waals surface area contributed by atoms with Crippen LogP contribution in [0.1, 0.15) is 18.4 Å². The molecule has 2 aromatic heterocycles. The molecule has 31 heavy (non-hydrogen) atoms. The number of piperazine rings is 1. The third-order valence-electron chi connectivity index (χ3n) is 5.72. The van der Waals surface area contributed by atoms with Crippen LogP contribution in [0.4, 0.5) is 0 Å². The molecule has 1 aliphatic rings. The molecule has 1 amide bonds. The summed E-state index contributed by atoms with van der Waals surface area (Å²) in [4.78, 5) is 34.5. The Bertz CT molecular complexity index is 1040. The van der Waals surface area contributed by atoms with E-state index in [-0.39, 0.29) is 17.9 Å². The van der Waals surface area contributed by atoms with Gasteiger partial charge in [-0.3, -0.25) is 19.1 Å². The molecular weight excluding hydrogens is 410 g/mol. The summed E-state index contributed by atoms with van der Waals surface area (Å²) in [5.41, 5.74) is 1.29. The zero-order valence-corrected chi connectivity index (χ0v) is 18.5. The van der Waals surface area contributed by atoms with Crippen LogP contribution in [-0.2, 0) is 17.9 Å². The van der Waals surface area contributed by atoms with Gasteiger partial charge in [0.25, 0.3) is 5.56 Å². The first-order valence-electron chi connectivity index (χ1n) is 10.9. The molecule has 0 spiro atoms. The summed E-state index contributed by atoms with van der Waals surface area (Å²) in [5.74, 6) is -0.0232. The van der Waals surface area contributed by atoms with Gasteiger partial charge in [0.15, 0.2) is 0 Å². The topological polar surface area (TPSA) is 70.5 Å². The fourth-order valence-corrected chi connectivity index (χ4v) is 4.63. The lowest BCUT2D eigenvalue weighted by molar-refractivity contribution is -0.121. The molecule has 4 rings (SSSR count). The molecule has 1 N–H and O–H groups in total. The molecular formula is C23H29N5O2S. The molecule has 0 saturated carbocycles. The second kappa shape index (κ2) is 10.7. The molecule has 0 bridgehead atoms. The number of hydrogen-bond donors (Lipinski definition) is 1. The highest BCUT2D eigenvalue weighted by molar-refractivity contribution is 7.16. The van der Waals surface area contributed by atoms with Crippen molar-refractivity contribution in [3.8, 4) is 0 Å². The van der Waals surface area contributed by atoms with E-state index in [4.69, 9.17) is 0 Å². The van der Waals surface area contributed by atoms with Crippen LogP contribution in [0.5, 0.6) is 0 Å². The van der Waals surface area contributed by atoms with E-state index in [2.05, 4.69) is 50.4 Å². The van der Waals surface area contributed by atoms with Gasteiger partial charge in [-0.05, 0) is 30.0 Å². The van der Waals surface area contributed by atoms with Crippen molar-refractivity contribution in [3.05, 3.63) is 64.0 Å². The molecule has 0 radical (unpaired) electrons. The van der Waals surface area contributed by atoms with Gasteiger partial charge in [-0.15, -0.1) is 11.3 Å². The maximum atomic E-state index is 12.4. The number of fused-ring (bicyclic) bond motifs is 1. The van der Waals surface area contributed by atoms with Crippen molar-refractivity contribution in [1.82, 2.24) is 24.7 Å². The quantitative estimate of drug-likeness (QED) is 0.518. The average Bonchev–Trinajstić information content (AvgIpc) is 3.28. The minimum Gasteiger partial charge on any atom is -0.356 e. The van der Waals surface area contributed by atoms with Crippen LogP contribution in [0.3, 0.4) is 0 Å². The zero-order valence-electron chi connectivity index (χ0n) is 17.7. The molecule has 7 nitrogen and oxygen atoms in total. The Morgan fingerprint density at radius 3 is 2.61 bits per heavy atom. The van der Waals surface area contributed by atoms with Crippen LogP contribution in [0, 0.1) is 0 Å². The minimum atomic E-state index is -0.0783. The lowest BCUT2D eigenvalue weighted by Gasteiger charge is -2.34. The molecule has 1 saturated heterocycles. The Balaban J connectivity index is 1.10. The molecule has 1 aliphatic heterocycles. The smallest absolute Gasteiger partial charge is 0.262 e. The Morgan fingerprint density at radius 2 is 1.81 bits per heavy atom. The normalized spacial score (nSPS) is 15.4. The molecule has 1 aromatic carbocycles. The van der Waals surface area contributed by atoms with Crippen molar-refractivity contribution in [3.63, 3.8) is 0 Å². The van der Waals surface area contributed by atoms with Crippen LogP contribution in [0.25, 0.3) is 10.2 Å². The van der Waals surface area contributed by atoms with Crippen molar-refractivity contribution in [2.45, 2.75) is 25.9 Å². The Labute approximate surface area is 186 Å². The molecule has 0 atom stereocenters. The molecule has 0 unspecified atom stereocenters. The average molecular weight is 440 g/mol. The molecule has 8 heteroatoms. The summed E-state index contributed by atoms with van der Waals surface area (Å²) >= 11 is 1.45. The first-order chi connectivity index (χ1) is 15.2. The van der Waals surface area contributed by atoms with E-state index in [1.54, 1.807) is 6.07 Å². The predicted molar refractivity (Wildman–Crippen MR) is 124 cm³/mol. The summed E-state index contributed by atoms with van der Waals surface area (Å²) in [6, 6.07) is 12.4. The third kappa shape index (κ3) is 6.00. The van der Waals surface area contributed by atoms with Gasteiger partial charge < -0.3 is 10.2 Å². The highest BCUT2D eigenvalue weighted by Gasteiger charge is 2.16. The monoisotopic (exact) mass is 439 g/mol. The van der Waals surface area contributed by atoms with Gasteiger partial charge in [0.2, 0.25) is 5.91 Å². The second-order valence-corrected chi connectivity index (χ2v) is 8.83. The van der Waals surface area contributed by atoms with Crippen LogP contribution in [-0.4, -0.2) is 64.5 Å². The number of thiophene rings is 1. The van der Waals surface area contributed by atoms with Gasteiger partial charge >= 0.3 is 0 Å². The number of carbonyl (C=O) groups is 1. The molecule has 3 aromatic rings. The summed E-state index contributed by atoms with van der Waals surface area (Å²) in [7, 11) is 0. The van der Waals surface area contributed by atoms with Gasteiger partial charge in [-0.25, -0.2) is 4.98 Å². The summed E-state index contributed by atoms with van der Waals surface area (Å²) in [6.07, 6.45) is 2.76. The maximum absolute atomic E-state index is 12.4. The van der Waals surface area contributed by atoms with Crippen LogP contribution < -0.4 is 10.9 Å². The van der Waals surface area contributed by atoms with E-state index in [1.165, 1.54) is 27.8 Å². The van der Waals surface area contributed by atoms with E-state index in [9.17, 15) is 9.59 Å². The Morgan fingerprint density at radius 1 is 1.03 bits per heavy atom. The summed E-state index contributed by atoms with van der Waals surface area (Å²) < 4.78 is 1.52. The first-order valence-corrected chi connectivity index (χ1v) is 11.7. The molecule has 0 aliphatic carbocycles. The third-order valence-corrected chi connectivity index (χ3v) is 6.54. The number of amides is 1. The van der Waals surface area contributed by atoms with E-state index in [1.807, 2.05) is 5.38 Å². The number of rotatable bonds is 9. The van der Waals surface area contributed by atoms with E-state index in [0.29, 0.717) is 18.5 Å². The van der Waals surface area contributed by atoms with Crippen molar-refractivity contribution in [2.24, 2.45) is 0 Å². The lowest BCUT2D eigenvalue weighted by atomic mass is 10.2. The maximum Gasteiger partial charge on any atom is 0.262 e. The summed E-state index contributed by atoms with van der Waals surface area (Å²) in [5, 5.41) is 5.46. The molecule has 3 heterocycles. The fraction of sp³-hybridized carbons (Fsp3) is 0.435. The largest absolute Gasteiger partial charge is 0.356 e. The number of nitrogens with zero attached hydrogens (tertiary/aromatic N) is 4. The SMILES string of the molecule is O=C(CCn1cnc2sccc2c1=O)NCCCN1CCN(Cc2ccccc2)CC1. The number of aromatic nitrogens is 2. The van der Waals surface area contributed by atoms with E-state index in [0.717, 1.165) is 50.5 Å². The molecule has 164 valence electrons. The first kappa shape index (κ1) is 21.7. The number of aryl methyl sites for hydroxylation is 1. The standard InChI is InChI=1S/C23H29N5O2S/c29-21(7-11-28-18-25-22-20(23(28)30)8-16-31-22)24-9-4-10-26-12-14-27(15-13-26)17-19-5-2-1-3-6-19/h1-3,5-6,8,16,18H,4,7,9-15,17H2,(H,24,29). The predicted octanol–water partition coefficient (Wildman–Crippen LogP) is 2.17. The van der Waals surface area contributed by atoms with Crippen LogP contribution in [0.2, 0.25) is 0 Å². The number of hydrogen-bond acceptors (Lipinski definition) is 6. The van der Waals surface area contributed by atoms with Crippen molar-refractivity contribution >= 4 is 27.5 Å². The number of carbonyl (C=O) groups excluding carboxylic acids is 1. The van der Waals surface area contributed by atoms with Gasteiger partial charge in [0.1, 0.15) is 4.83 Å². The highest BCUT2D eigenvalue weighted by Crippen LogP contribution is 2.13. The number of nitrogens with one attached hydrogen (secondary N) is 1. The van der Waals surface area contributed by atoms with Crippen molar-refractivity contribution in [2.75, 3.05) is 39.3 Å². The Kier molecular flexibility index (Phi) is 7.45. The van der Waals surface area contributed by atoms with Gasteiger partial charge in [-0.2, -0.15) is 0 Å². The van der Waals surface area contributed by atoms with Crippen LogP contribution in [0.15, 0.2) is 52.9 Å². The zero-order chi connectivity index (χ0) is 21.5. The van der Waals surface area contributed by atoms with E-state index < -0.39 is 0 Å². The van der Waals surface area contributed by atoms with Gasteiger partial charge in [-0.1, -0.05) is 30.3 Å². The lowest BCUT2D eigenvalue weighted by Crippen LogP contribution is -2.46. The molecule has 1 fully saturated rings.